The molecule has 0 saturated heterocycles. The van der Waals surface area contributed by atoms with Crippen molar-refractivity contribution < 1.29 is 4.39 Å². The van der Waals surface area contributed by atoms with E-state index >= 15 is 0 Å². The molecule has 0 spiro atoms. The number of nitriles is 1. The van der Waals surface area contributed by atoms with Crippen LogP contribution in [0.2, 0.25) is 0 Å². The van der Waals surface area contributed by atoms with Gasteiger partial charge in [-0.15, -0.1) is 0 Å². The van der Waals surface area contributed by atoms with Gasteiger partial charge in [-0.05, 0) is 36.2 Å². The summed E-state index contributed by atoms with van der Waals surface area (Å²) in [5.41, 5.74) is 2.12. The summed E-state index contributed by atoms with van der Waals surface area (Å²) in [7, 11) is 0. The summed E-state index contributed by atoms with van der Waals surface area (Å²) >= 11 is 0. The maximum atomic E-state index is 13.8. The first-order valence-corrected chi connectivity index (χ1v) is 7.12. The Kier molecular flexibility index (Phi) is 5.13. The predicted molar refractivity (Wildman–Crippen MR) is 81.2 cm³/mol. The van der Waals surface area contributed by atoms with Crippen LogP contribution in [0, 0.1) is 23.1 Å². The highest BCUT2D eigenvalue weighted by Gasteiger charge is 2.05. The van der Waals surface area contributed by atoms with Crippen LogP contribution in [0.25, 0.3) is 0 Å². The summed E-state index contributed by atoms with van der Waals surface area (Å²) in [5, 5.41) is 12.1. The van der Waals surface area contributed by atoms with E-state index in [0.717, 1.165) is 13.1 Å². The van der Waals surface area contributed by atoms with Crippen LogP contribution in [0.3, 0.4) is 0 Å². The fourth-order valence-corrected chi connectivity index (χ4v) is 2.14. The van der Waals surface area contributed by atoms with Crippen molar-refractivity contribution in [3.63, 3.8) is 0 Å². The Morgan fingerprint density at radius 3 is 2.81 bits per heavy atom. The van der Waals surface area contributed by atoms with Crippen LogP contribution in [-0.4, -0.2) is 11.1 Å². The standard InChI is InChI=1S/C17H20FN3/c1-13(2)9-20-10-15-5-6-21(11-15)12-16-4-3-14(8-19)7-17(16)18/h3-7,11,13,20H,9-10,12H2,1-2H3. The molecule has 0 bridgehead atoms. The number of halogens is 1. The molecule has 0 saturated carbocycles. The Labute approximate surface area is 125 Å². The van der Waals surface area contributed by atoms with Gasteiger partial charge >= 0.3 is 0 Å². The number of rotatable bonds is 6. The maximum Gasteiger partial charge on any atom is 0.129 e. The SMILES string of the molecule is CC(C)CNCc1ccn(Cc2ccc(C#N)cc2F)c1. The molecule has 2 aromatic rings. The van der Waals surface area contributed by atoms with Crippen molar-refractivity contribution in [1.29, 1.82) is 5.26 Å². The molecule has 0 aliphatic heterocycles. The Hall–Kier alpha value is -2.12. The number of benzene rings is 1. The van der Waals surface area contributed by atoms with Crippen molar-refractivity contribution in [2.45, 2.75) is 26.9 Å². The van der Waals surface area contributed by atoms with Crippen LogP contribution in [0.5, 0.6) is 0 Å². The van der Waals surface area contributed by atoms with Gasteiger partial charge in [0.2, 0.25) is 0 Å². The van der Waals surface area contributed by atoms with Gasteiger partial charge in [-0.25, -0.2) is 4.39 Å². The zero-order valence-electron chi connectivity index (χ0n) is 12.4. The quantitative estimate of drug-likeness (QED) is 0.884. The molecular weight excluding hydrogens is 265 g/mol. The van der Waals surface area contributed by atoms with Crippen LogP contribution < -0.4 is 5.32 Å². The molecule has 4 heteroatoms. The van der Waals surface area contributed by atoms with Gasteiger partial charge < -0.3 is 9.88 Å². The summed E-state index contributed by atoms with van der Waals surface area (Å²) in [6.45, 7) is 6.62. The van der Waals surface area contributed by atoms with Crippen molar-refractivity contribution in [3.8, 4) is 6.07 Å². The third kappa shape index (κ3) is 4.44. The summed E-state index contributed by atoms with van der Waals surface area (Å²) in [6, 6.07) is 8.58. The highest BCUT2D eigenvalue weighted by Crippen LogP contribution is 2.12. The third-order valence-electron chi connectivity index (χ3n) is 3.23. The molecule has 0 radical (unpaired) electrons. The van der Waals surface area contributed by atoms with Gasteiger partial charge in [-0.1, -0.05) is 19.9 Å². The number of nitrogens with zero attached hydrogens (tertiary/aromatic N) is 2. The molecule has 2 rings (SSSR count). The van der Waals surface area contributed by atoms with Crippen LogP contribution in [-0.2, 0) is 13.1 Å². The Bertz CT molecular complexity index is 638. The van der Waals surface area contributed by atoms with Gasteiger partial charge in [0.15, 0.2) is 0 Å². The number of hydrogen-bond donors (Lipinski definition) is 1. The summed E-state index contributed by atoms with van der Waals surface area (Å²) < 4.78 is 15.8. The van der Waals surface area contributed by atoms with Crippen molar-refractivity contribution in [1.82, 2.24) is 9.88 Å². The average Bonchev–Trinajstić information content (AvgIpc) is 2.88. The molecule has 1 aromatic heterocycles. The van der Waals surface area contributed by atoms with Gasteiger partial charge in [-0.3, -0.25) is 0 Å². The zero-order chi connectivity index (χ0) is 15.2. The lowest BCUT2D eigenvalue weighted by molar-refractivity contribution is 0.552. The Morgan fingerprint density at radius 1 is 1.33 bits per heavy atom. The topological polar surface area (TPSA) is 40.8 Å². The van der Waals surface area contributed by atoms with E-state index in [4.69, 9.17) is 5.26 Å². The maximum absolute atomic E-state index is 13.8. The molecule has 1 N–H and O–H groups in total. The van der Waals surface area contributed by atoms with Crippen LogP contribution in [0.15, 0.2) is 36.7 Å². The first-order valence-electron chi connectivity index (χ1n) is 7.12. The number of hydrogen-bond acceptors (Lipinski definition) is 2. The second-order valence-corrected chi connectivity index (χ2v) is 5.63. The monoisotopic (exact) mass is 285 g/mol. The molecule has 0 amide bonds. The zero-order valence-corrected chi connectivity index (χ0v) is 12.4. The van der Waals surface area contributed by atoms with Crippen molar-refractivity contribution >= 4 is 0 Å². The summed E-state index contributed by atoms with van der Waals surface area (Å²) in [5.74, 6) is 0.294. The fraction of sp³-hybridized carbons (Fsp3) is 0.353. The van der Waals surface area contributed by atoms with E-state index in [2.05, 4.69) is 19.2 Å². The average molecular weight is 285 g/mol. The van der Waals surface area contributed by atoms with E-state index < -0.39 is 0 Å². The highest BCUT2D eigenvalue weighted by atomic mass is 19.1. The summed E-state index contributed by atoms with van der Waals surface area (Å²) in [6.07, 6.45) is 3.97. The van der Waals surface area contributed by atoms with E-state index in [0.29, 0.717) is 23.6 Å². The molecule has 0 aliphatic rings. The lowest BCUT2D eigenvalue weighted by atomic mass is 10.1. The molecule has 0 fully saturated rings. The number of nitrogens with one attached hydrogen (secondary N) is 1. The lowest BCUT2D eigenvalue weighted by Gasteiger charge is -2.06. The fourth-order valence-electron chi connectivity index (χ4n) is 2.14. The Morgan fingerprint density at radius 2 is 2.14 bits per heavy atom. The van der Waals surface area contributed by atoms with Gasteiger partial charge in [0.05, 0.1) is 11.6 Å². The molecule has 0 unspecified atom stereocenters. The van der Waals surface area contributed by atoms with Crippen molar-refractivity contribution in [2.24, 2.45) is 5.92 Å². The Balaban J connectivity index is 1.98. The molecule has 1 heterocycles. The molecule has 0 atom stereocenters. The van der Waals surface area contributed by atoms with Crippen LogP contribution in [0.4, 0.5) is 4.39 Å². The van der Waals surface area contributed by atoms with E-state index in [-0.39, 0.29) is 5.82 Å². The second-order valence-electron chi connectivity index (χ2n) is 5.63. The third-order valence-corrected chi connectivity index (χ3v) is 3.23. The summed E-state index contributed by atoms with van der Waals surface area (Å²) in [4.78, 5) is 0. The molecule has 0 aliphatic carbocycles. The normalized spacial score (nSPS) is 10.8. The molecule has 21 heavy (non-hydrogen) atoms. The van der Waals surface area contributed by atoms with E-state index in [9.17, 15) is 4.39 Å². The molecule has 1 aromatic carbocycles. The minimum Gasteiger partial charge on any atom is -0.349 e. The largest absolute Gasteiger partial charge is 0.349 e. The minimum absolute atomic E-state index is 0.331. The minimum atomic E-state index is -0.331. The van der Waals surface area contributed by atoms with Gasteiger partial charge in [0.1, 0.15) is 5.82 Å². The van der Waals surface area contributed by atoms with E-state index in [1.807, 2.05) is 29.1 Å². The smallest absolute Gasteiger partial charge is 0.129 e. The van der Waals surface area contributed by atoms with Crippen LogP contribution in [0.1, 0.15) is 30.5 Å². The van der Waals surface area contributed by atoms with E-state index in [1.165, 1.54) is 11.6 Å². The van der Waals surface area contributed by atoms with Gasteiger partial charge in [-0.2, -0.15) is 5.26 Å². The van der Waals surface area contributed by atoms with Crippen molar-refractivity contribution in [3.05, 3.63) is 59.2 Å². The first kappa shape index (κ1) is 15.3. The molecule has 3 nitrogen and oxygen atoms in total. The predicted octanol–water partition coefficient (Wildman–Crippen LogP) is 3.29. The van der Waals surface area contributed by atoms with Gasteiger partial charge in [0.25, 0.3) is 0 Å². The van der Waals surface area contributed by atoms with Crippen LogP contribution >= 0.6 is 0 Å². The first-order chi connectivity index (χ1) is 10.1. The van der Waals surface area contributed by atoms with Crippen molar-refractivity contribution in [2.75, 3.05) is 6.54 Å². The lowest BCUT2D eigenvalue weighted by Crippen LogP contribution is -2.18. The van der Waals surface area contributed by atoms with E-state index in [1.54, 1.807) is 12.1 Å². The molecular formula is C17H20FN3. The molecule has 110 valence electrons. The highest BCUT2D eigenvalue weighted by molar-refractivity contribution is 5.33. The van der Waals surface area contributed by atoms with Gasteiger partial charge in [0, 0.05) is 31.0 Å². The second kappa shape index (κ2) is 7.05. The number of aromatic nitrogens is 1.